The first-order valence-corrected chi connectivity index (χ1v) is 7.45. The lowest BCUT2D eigenvalue weighted by Crippen LogP contribution is -2.31. The van der Waals surface area contributed by atoms with Crippen molar-refractivity contribution in [2.24, 2.45) is 5.29 Å². The Bertz CT molecular complexity index is 733. The van der Waals surface area contributed by atoms with Crippen molar-refractivity contribution in [1.82, 2.24) is 5.01 Å². The van der Waals surface area contributed by atoms with Gasteiger partial charge in [0.2, 0.25) is 0 Å². The van der Waals surface area contributed by atoms with Gasteiger partial charge in [0.05, 0.1) is 11.8 Å². The number of carbonyl (C=O) groups excluding carboxylic acids is 1. The lowest BCUT2D eigenvalue weighted by atomic mass is 10.1. The number of nitroso groups, excluding NO2 is 1. The molecular formula is C16H14ClN3O2. The molecule has 6 heteroatoms. The van der Waals surface area contributed by atoms with Crippen LogP contribution in [-0.4, -0.2) is 23.5 Å². The highest BCUT2D eigenvalue weighted by Gasteiger charge is 2.19. The second-order valence-electron chi connectivity index (χ2n) is 5.03. The average Bonchev–Trinajstić information content (AvgIpc) is 2.90. The van der Waals surface area contributed by atoms with Crippen LogP contribution in [0.1, 0.15) is 11.1 Å². The maximum absolute atomic E-state index is 11.9. The smallest absolute Gasteiger partial charge is 0.306 e. The van der Waals surface area contributed by atoms with Crippen LogP contribution in [0.15, 0.2) is 47.8 Å². The van der Waals surface area contributed by atoms with E-state index in [0.29, 0.717) is 5.69 Å². The number of hydrogen-bond acceptors (Lipinski definition) is 3. The van der Waals surface area contributed by atoms with E-state index in [0.717, 1.165) is 17.0 Å². The van der Waals surface area contributed by atoms with Crippen molar-refractivity contribution in [2.45, 2.75) is 6.42 Å². The minimum Gasteiger partial charge on any atom is -0.306 e. The number of amides is 2. The van der Waals surface area contributed by atoms with Crippen LogP contribution in [0.2, 0.25) is 0 Å². The molecule has 1 aliphatic rings. The van der Waals surface area contributed by atoms with Gasteiger partial charge in [-0.2, -0.15) is 5.01 Å². The molecule has 2 aromatic carbocycles. The standard InChI is InChI=1S/C16H14ClN3O2/c17-7-8-20(19-22)16(21)18-13-5-6-15-12(10-13)9-11-3-1-2-4-14(11)15/h1-6,10H,7-9H2,(H,18,21). The Morgan fingerprint density at radius 1 is 1.18 bits per heavy atom. The molecule has 0 fully saturated rings. The number of nitrogens with one attached hydrogen (secondary N) is 1. The van der Waals surface area contributed by atoms with Gasteiger partial charge in [-0.15, -0.1) is 16.5 Å². The van der Waals surface area contributed by atoms with E-state index < -0.39 is 6.03 Å². The molecule has 0 unspecified atom stereocenters. The van der Waals surface area contributed by atoms with Gasteiger partial charge in [0, 0.05) is 11.6 Å². The Hall–Kier alpha value is -2.40. The van der Waals surface area contributed by atoms with Crippen LogP contribution in [0.4, 0.5) is 10.5 Å². The minimum absolute atomic E-state index is 0.0767. The highest BCUT2D eigenvalue weighted by atomic mass is 35.5. The van der Waals surface area contributed by atoms with Crippen LogP contribution in [0.5, 0.6) is 0 Å². The maximum atomic E-state index is 11.9. The molecule has 22 heavy (non-hydrogen) atoms. The quantitative estimate of drug-likeness (QED) is 0.449. The fourth-order valence-electron chi connectivity index (χ4n) is 2.67. The maximum Gasteiger partial charge on any atom is 0.344 e. The molecule has 0 radical (unpaired) electrons. The van der Waals surface area contributed by atoms with E-state index >= 15 is 0 Å². The summed E-state index contributed by atoms with van der Waals surface area (Å²) in [5.41, 5.74) is 5.48. The fraction of sp³-hybridized carbons (Fsp3) is 0.188. The monoisotopic (exact) mass is 315 g/mol. The Kier molecular flexibility index (Phi) is 4.06. The number of hydrogen-bond donors (Lipinski definition) is 1. The number of benzene rings is 2. The average molecular weight is 316 g/mol. The van der Waals surface area contributed by atoms with Crippen molar-refractivity contribution in [2.75, 3.05) is 17.7 Å². The minimum atomic E-state index is -0.578. The summed E-state index contributed by atoms with van der Waals surface area (Å²) in [4.78, 5) is 22.5. The molecule has 0 aliphatic heterocycles. The molecule has 5 nitrogen and oxygen atoms in total. The third-order valence-electron chi connectivity index (χ3n) is 3.67. The van der Waals surface area contributed by atoms with Gasteiger partial charge >= 0.3 is 6.03 Å². The third-order valence-corrected chi connectivity index (χ3v) is 3.84. The molecule has 0 heterocycles. The first-order chi connectivity index (χ1) is 10.7. The summed E-state index contributed by atoms with van der Waals surface area (Å²) >= 11 is 5.53. The predicted octanol–water partition coefficient (Wildman–Crippen LogP) is 4.01. The van der Waals surface area contributed by atoms with Crippen LogP contribution in [0.25, 0.3) is 11.1 Å². The van der Waals surface area contributed by atoms with Gasteiger partial charge in [0.25, 0.3) is 0 Å². The third kappa shape index (κ3) is 2.67. The second kappa shape index (κ2) is 6.15. The summed E-state index contributed by atoms with van der Waals surface area (Å²) in [6.07, 6.45) is 0.840. The van der Waals surface area contributed by atoms with Crippen LogP contribution >= 0.6 is 11.6 Å². The first-order valence-electron chi connectivity index (χ1n) is 6.92. The van der Waals surface area contributed by atoms with Gasteiger partial charge < -0.3 is 5.32 Å². The Balaban J connectivity index is 1.80. The Morgan fingerprint density at radius 3 is 2.73 bits per heavy atom. The number of anilines is 1. The fourth-order valence-corrected chi connectivity index (χ4v) is 2.83. The zero-order valence-electron chi connectivity index (χ0n) is 11.8. The Labute approximate surface area is 132 Å². The number of alkyl halides is 1. The van der Waals surface area contributed by atoms with E-state index in [-0.39, 0.29) is 12.4 Å². The molecule has 0 bridgehead atoms. The highest BCUT2D eigenvalue weighted by Crippen LogP contribution is 2.37. The second-order valence-corrected chi connectivity index (χ2v) is 5.41. The lowest BCUT2D eigenvalue weighted by molar-refractivity contribution is 0.216. The van der Waals surface area contributed by atoms with Gasteiger partial charge in [-0.25, -0.2) is 4.79 Å². The summed E-state index contributed by atoms with van der Waals surface area (Å²) < 4.78 is 0. The normalized spacial score (nSPS) is 11.5. The number of halogens is 1. The molecule has 2 aromatic rings. The summed E-state index contributed by atoms with van der Waals surface area (Å²) in [7, 11) is 0. The largest absolute Gasteiger partial charge is 0.344 e. The molecular weight excluding hydrogens is 302 g/mol. The van der Waals surface area contributed by atoms with E-state index in [1.165, 1.54) is 16.7 Å². The van der Waals surface area contributed by atoms with Crippen molar-refractivity contribution < 1.29 is 4.79 Å². The molecule has 0 aromatic heterocycles. The zero-order valence-corrected chi connectivity index (χ0v) is 12.5. The zero-order chi connectivity index (χ0) is 15.5. The molecule has 1 N–H and O–H groups in total. The number of nitrogens with zero attached hydrogens (tertiary/aromatic N) is 2. The highest BCUT2D eigenvalue weighted by molar-refractivity contribution is 6.18. The van der Waals surface area contributed by atoms with Gasteiger partial charge in [0.15, 0.2) is 0 Å². The van der Waals surface area contributed by atoms with Crippen molar-refractivity contribution in [3.05, 3.63) is 58.5 Å². The van der Waals surface area contributed by atoms with Crippen LogP contribution in [0.3, 0.4) is 0 Å². The van der Waals surface area contributed by atoms with E-state index in [9.17, 15) is 9.70 Å². The summed E-state index contributed by atoms with van der Waals surface area (Å²) in [6.45, 7) is 0.0767. The SMILES string of the molecule is O=NN(CCCl)C(=O)Nc1ccc2c(c1)Cc1ccccc1-2. The van der Waals surface area contributed by atoms with Gasteiger partial charge in [-0.1, -0.05) is 30.3 Å². The summed E-state index contributed by atoms with van der Waals surface area (Å²) in [5.74, 6) is 0.151. The van der Waals surface area contributed by atoms with E-state index in [4.69, 9.17) is 11.6 Å². The van der Waals surface area contributed by atoms with Gasteiger partial charge in [0.1, 0.15) is 0 Å². The van der Waals surface area contributed by atoms with Gasteiger partial charge in [-0.3, -0.25) is 0 Å². The van der Waals surface area contributed by atoms with Crippen molar-refractivity contribution in [1.29, 1.82) is 0 Å². The van der Waals surface area contributed by atoms with Gasteiger partial charge in [-0.05, 0) is 40.8 Å². The molecule has 0 saturated heterocycles. The van der Waals surface area contributed by atoms with E-state index in [2.05, 4.69) is 22.7 Å². The van der Waals surface area contributed by atoms with Crippen molar-refractivity contribution >= 4 is 23.3 Å². The molecule has 2 amide bonds. The van der Waals surface area contributed by atoms with Crippen LogP contribution < -0.4 is 5.32 Å². The predicted molar refractivity (Wildman–Crippen MR) is 86.9 cm³/mol. The topological polar surface area (TPSA) is 61.8 Å². The van der Waals surface area contributed by atoms with Crippen LogP contribution in [0, 0.1) is 4.91 Å². The molecule has 112 valence electrons. The number of rotatable bonds is 4. The summed E-state index contributed by atoms with van der Waals surface area (Å²) in [6, 6.07) is 13.4. The number of urea groups is 1. The van der Waals surface area contributed by atoms with Crippen LogP contribution in [-0.2, 0) is 6.42 Å². The lowest BCUT2D eigenvalue weighted by Gasteiger charge is -2.13. The molecule has 1 aliphatic carbocycles. The summed E-state index contributed by atoms with van der Waals surface area (Å²) in [5, 5.41) is 6.11. The molecule has 0 spiro atoms. The molecule has 0 atom stereocenters. The number of carbonyl (C=O) groups is 1. The molecule has 3 rings (SSSR count). The number of fused-ring (bicyclic) bond motifs is 3. The van der Waals surface area contributed by atoms with E-state index in [1.807, 2.05) is 30.3 Å². The van der Waals surface area contributed by atoms with Crippen molar-refractivity contribution in [3.63, 3.8) is 0 Å². The Morgan fingerprint density at radius 2 is 1.95 bits per heavy atom. The first kappa shape index (κ1) is 14.5. The van der Waals surface area contributed by atoms with E-state index in [1.54, 1.807) is 0 Å². The molecule has 0 saturated carbocycles. The van der Waals surface area contributed by atoms with Crippen molar-refractivity contribution in [3.8, 4) is 11.1 Å².